The van der Waals surface area contributed by atoms with Gasteiger partial charge < -0.3 is 10.6 Å². The fourth-order valence-corrected chi connectivity index (χ4v) is 7.63. The second-order valence-electron chi connectivity index (χ2n) is 11.3. The molecule has 1 amide bonds. The first kappa shape index (κ1) is 21.1. The van der Waals surface area contributed by atoms with Crippen molar-refractivity contribution >= 4 is 17.4 Å². The summed E-state index contributed by atoms with van der Waals surface area (Å²) in [5.41, 5.74) is 5.09. The van der Waals surface area contributed by atoms with Crippen molar-refractivity contribution in [1.29, 1.82) is 0 Å². The summed E-state index contributed by atoms with van der Waals surface area (Å²) >= 11 is 0. The van der Waals surface area contributed by atoms with Crippen LogP contribution in [0, 0.1) is 23.2 Å². The van der Waals surface area contributed by atoms with Crippen molar-refractivity contribution in [2.45, 2.75) is 65.0 Å². The van der Waals surface area contributed by atoms with Crippen molar-refractivity contribution < 1.29 is 4.79 Å². The first-order valence-electron chi connectivity index (χ1n) is 12.7. The molecule has 6 nitrogen and oxygen atoms in total. The molecule has 1 aromatic carbocycles. The maximum absolute atomic E-state index is 11.2. The lowest BCUT2D eigenvalue weighted by molar-refractivity contribution is -0.114. The molecule has 0 unspecified atom stereocenters. The van der Waals surface area contributed by atoms with E-state index in [0.29, 0.717) is 5.41 Å². The third kappa shape index (κ3) is 4.37. The standard InChI is InChI=1S/C27H35N5O/c1-18(33)31-23-4-2-19(3-5-23)14-32-7-6-24-25(15-32)29-17-30-26(24)28-16-27-11-20-8-21(12-27)10-22(9-20)13-27/h2-5,17,20-22H,6-16H2,1H3,(H,31,33)(H,28,29,30). The van der Waals surface area contributed by atoms with Gasteiger partial charge in [-0.3, -0.25) is 9.69 Å². The molecule has 4 aliphatic carbocycles. The van der Waals surface area contributed by atoms with Gasteiger partial charge in [-0.1, -0.05) is 12.1 Å². The Morgan fingerprint density at radius 2 is 1.76 bits per heavy atom. The molecule has 33 heavy (non-hydrogen) atoms. The van der Waals surface area contributed by atoms with Crippen molar-refractivity contribution in [3.05, 3.63) is 47.4 Å². The first-order valence-corrected chi connectivity index (χ1v) is 12.7. The number of anilines is 2. The lowest BCUT2D eigenvalue weighted by Gasteiger charge is -2.57. The van der Waals surface area contributed by atoms with E-state index in [2.05, 4.69) is 37.6 Å². The fraction of sp³-hybridized carbons (Fsp3) is 0.593. The van der Waals surface area contributed by atoms with Crippen molar-refractivity contribution in [2.24, 2.45) is 23.2 Å². The van der Waals surface area contributed by atoms with Crippen LogP contribution in [-0.4, -0.2) is 33.9 Å². The van der Waals surface area contributed by atoms with Crippen LogP contribution in [0.1, 0.15) is 62.3 Å². The Hall–Kier alpha value is -2.47. The molecule has 0 atom stereocenters. The van der Waals surface area contributed by atoms with E-state index in [0.717, 1.165) is 61.9 Å². The van der Waals surface area contributed by atoms with Crippen LogP contribution >= 0.6 is 0 Å². The van der Waals surface area contributed by atoms with Gasteiger partial charge in [0.15, 0.2) is 0 Å². The van der Waals surface area contributed by atoms with E-state index < -0.39 is 0 Å². The molecule has 2 N–H and O–H groups in total. The summed E-state index contributed by atoms with van der Waals surface area (Å²) in [6.45, 7) is 5.38. The Morgan fingerprint density at radius 1 is 1.06 bits per heavy atom. The van der Waals surface area contributed by atoms with E-state index in [1.165, 1.54) is 62.3 Å². The summed E-state index contributed by atoms with van der Waals surface area (Å²) in [5, 5.41) is 6.64. The number of rotatable bonds is 6. The minimum absolute atomic E-state index is 0.0392. The number of aromatic nitrogens is 2. The van der Waals surface area contributed by atoms with Crippen molar-refractivity contribution in [2.75, 3.05) is 23.7 Å². The number of hydrogen-bond acceptors (Lipinski definition) is 5. The van der Waals surface area contributed by atoms with Gasteiger partial charge in [-0.2, -0.15) is 0 Å². The minimum atomic E-state index is -0.0392. The van der Waals surface area contributed by atoms with Gasteiger partial charge in [0.05, 0.1) is 5.69 Å². The molecule has 2 aromatic rings. The lowest BCUT2D eigenvalue weighted by Crippen LogP contribution is -2.49. The van der Waals surface area contributed by atoms with E-state index in [-0.39, 0.29) is 5.91 Å². The van der Waals surface area contributed by atoms with E-state index in [1.54, 1.807) is 6.33 Å². The van der Waals surface area contributed by atoms with Crippen molar-refractivity contribution in [3.8, 4) is 0 Å². The number of fused-ring (bicyclic) bond motifs is 1. The van der Waals surface area contributed by atoms with Gasteiger partial charge in [-0.05, 0) is 85.8 Å². The quantitative estimate of drug-likeness (QED) is 0.679. The zero-order chi connectivity index (χ0) is 22.4. The highest BCUT2D eigenvalue weighted by Gasteiger charge is 2.50. The molecule has 1 aliphatic heterocycles. The summed E-state index contributed by atoms with van der Waals surface area (Å²) in [6, 6.07) is 8.14. The Kier molecular flexibility index (Phi) is 5.36. The highest BCUT2D eigenvalue weighted by Crippen LogP contribution is 2.59. The molecule has 6 heteroatoms. The minimum Gasteiger partial charge on any atom is -0.369 e. The number of nitrogens with one attached hydrogen (secondary N) is 2. The molecule has 5 aliphatic rings. The van der Waals surface area contributed by atoms with Crippen LogP contribution < -0.4 is 10.6 Å². The van der Waals surface area contributed by atoms with Crippen LogP contribution in [-0.2, 0) is 24.3 Å². The van der Waals surface area contributed by atoms with E-state index in [4.69, 9.17) is 0 Å². The molecule has 2 heterocycles. The summed E-state index contributed by atoms with van der Waals surface area (Å²) in [4.78, 5) is 23.0. The van der Waals surface area contributed by atoms with Gasteiger partial charge >= 0.3 is 0 Å². The molecule has 1 aromatic heterocycles. The van der Waals surface area contributed by atoms with Crippen LogP contribution in [0.15, 0.2) is 30.6 Å². The summed E-state index contributed by atoms with van der Waals surface area (Å²) < 4.78 is 0. The smallest absolute Gasteiger partial charge is 0.221 e. The SMILES string of the molecule is CC(=O)Nc1ccc(CN2CCc3c(ncnc3NCC34CC5CC(CC(C5)C3)C4)C2)cc1. The van der Waals surface area contributed by atoms with E-state index in [1.807, 2.05) is 12.1 Å². The van der Waals surface area contributed by atoms with Crippen LogP contribution in [0.5, 0.6) is 0 Å². The predicted octanol–water partition coefficient (Wildman–Crippen LogP) is 4.62. The number of nitrogens with zero attached hydrogens (tertiary/aromatic N) is 3. The van der Waals surface area contributed by atoms with Crippen LogP contribution in [0.2, 0.25) is 0 Å². The maximum Gasteiger partial charge on any atom is 0.221 e. The third-order valence-corrected chi connectivity index (χ3v) is 8.56. The van der Waals surface area contributed by atoms with Crippen LogP contribution in [0.3, 0.4) is 0 Å². The topological polar surface area (TPSA) is 70.2 Å². The van der Waals surface area contributed by atoms with E-state index >= 15 is 0 Å². The fourth-order valence-electron chi connectivity index (χ4n) is 7.63. The molecule has 0 radical (unpaired) electrons. The third-order valence-electron chi connectivity index (χ3n) is 8.56. The van der Waals surface area contributed by atoms with Crippen LogP contribution in [0.4, 0.5) is 11.5 Å². The monoisotopic (exact) mass is 445 g/mol. The second kappa shape index (κ2) is 8.39. The number of carbonyl (C=O) groups excluding carboxylic acids is 1. The molecule has 4 saturated carbocycles. The van der Waals surface area contributed by atoms with Gasteiger partial charge in [0, 0.05) is 44.4 Å². The molecule has 4 fully saturated rings. The lowest BCUT2D eigenvalue weighted by atomic mass is 9.49. The zero-order valence-electron chi connectivity index (χ0n) is 19.6. The molecule has 0 spiro atoms. The first-order chi connectivity index (χ1) is 16.0. The van der Waals surface area contributed by atoms with Gasteiger partial charge in [-0.25, -0.2) is 9.97 Å². The number of hydrogen-bond donors (Lipinski definition) is 2. The molecular weight excluding hydrogens is 410 g/mol. The summed E-state index contributed by atoms with van der Waals surface area (Å²) in [5.74, 6) is 3.99. The summed E-state index contributed by atoms with van der Waals surface area (Å²) in [6.07, 6.45) is 11.5. The molecule has 0 saturated heterocycles. The molecule has 4 bridgehead atoms. The largest absolute Gasteiger partial charge is 0.369 e. The van der Waals surface area contributed by atoms with Gasteiger partial charge in [0.25, 0.3) is 0 Å². The Balaban J connectivity index is 1.10. The Bertz CT molecular complexity index is 998. The average molecular weight is 446 g/mol. The number of amides is 1. The van der Waals surface area contributed by atoms with Crippen LogP contribution in [0.25, 0.3) is 0 Å². The molecule has 7 rings (SSSR count). The molecule has 174 valence electrons. The van der Waals surface area contributed by atoms with E-state index in [9.17, 15) is 4.79 Å². The molecular formula is C27H35N5O. The average Bonchev–Trinajstić information content (AvgIpc) is 2.78. The predicted molar refractivity (Wildman–Crippen MR) is 130 cm³/mol. The second-order valence-corrected chi connectivity index (χ2v) is 11.3. The van der Waals surface area contributed by atoms with Crippen molar-refractivity contribution in [1.82, 2.24) is 14.9 Å². The highest BCUT2D eigenvalue weighted by atomic mass is 16.1. The Labute approximate surface area is 196 Å². The van der Waals surface area contributed by atoms with Gasteiger partial charge in [0.1, 0.15) is 12.1 Å². The van der Waals surface area contributed by atoms with Crippen molar-refractivity contribution in [3.63, 3.8) is 0 Å². The number of carbonyl (C=O) groups is 1. The van der Waals surface area contributed by atoms with Gasteiger partial charge in [0.2, 0.25) is 5.91 Å². The number of benzene rings is 1. The Morgan fingerprint density at radius 3 is 2.42 bits per heavy atom. The summed E-state index contributed by atoms with van der Waals surface area (Å²) in [7, 11) is 0. The maximum atomic E-state index is 11.2. The van der Waals surface area contributed by atoms with Gasteiger partial charge in [-0.15, -0.1) is 0 Å². The highest BCUT2D eigenvalue weighted by molar-refractivity contribution is 5.88. The normalized spacial score (nSPS) is 30.2. The zero-order valence-corrected chi connectivity index (χ0v) is 19.6.